The highest BCUT2D eigenvalue weighted by molar-refractivity contribution is 7.85. The number of unbranched alkanes of at least 4 members (excludes halogenated alkanes) is 10. The summed E-state index contributed by atoms with van der Waals surface area (Å²) in [6.07, 6.45) is 14.1. The fraction of sp³-hybridized carbons (Fsp3) is 0.941. The summed E-state index contributed by atoms with van der Waals surface area (Å²) >= 11 is 0. The lowest BCUT2D eigenvalue weighted by atomic mass is 10.1. The van der Waals surface area contributed by atoms with Gasteiger partial charge in [0.1, 0.15) is 0 Å². The molecule has 0 unspecified atom stereocenters. The minimum Gasteiger partial charge on any atom is -0.345 e. The molecule has 24 heavy (non-hydrogen) atoms. The largest absolute Gasteiger partial charge is 0.345 e. The van der Waals surface area contributed by atoms with Gasteiger partial charge in [-0.25, -0.2) is 0 Å². The van der Waals surface area contributed by atoms with E-state index in [1.165, 1.54) is 56.3 Å². The van der Waals surface area contributed by atoms with E-state index in [1.807, 2.05) is 0 Å². The molecule has 1 amide bonds. The number of hydrogen-bond acceptors (Lipinski definition) is 4. The van der Waals surface area contributed by atoms with Crippen LogP contribution in [0.15, 0.2) is 0 Å². The van der Waals surface area contributed by atoms with Gasteiger partial charge in [0.2, 0.25) is 5.91 Å². The molecule has 0 aliphatic heterocycles. The zero-order chi connectivity index (χ0) is 17.6. The van der Waals surface area contributed by atoms with Gasteiger partial charge in [-0.1, -0.05) is 71.1 Å². The predicted octanol–water partition coefficient (Wildman–Crippen LogP) is 4.20. The van der Waals surface area contributed by atoms with Crippen molar-refractivity contribution in [3.05, 3.63) is 0 Å². The lowest BCUT2D eigenvalue weighted by Gasteiger charge is -2.16. The van der Waals surface area contributed by atoms with Crippen LogP contribution >= 0.6 is 0 Å². The van der Waals surface area contributed by atoms with Gasteiger partial charge in [-0.3, -0.25) is 9.35 Å². The average Bonchev–Trinajstić information content (AvgIpc) is 2.49. The minimum atomic E-state index is -3.99. The maximum atomic E-state index is 11.8. The molecule has 0 aromatic carbocycles. The zero-order valence-corrected chi connectivity index (χ0v) is 16.5. The van der Waals surface area contributed by atoms with Crippen LogP contribution in [0.25, 0.3) is 0 Å². The van der Waals surface area contributed by atoms with Gasteiger partial charge in [0.25, 0.3) is 10.1 Å². The summed E-state index contributed by atoms with van der Waals surface area (Å²) in [6.45, 7) is 2.28. The molecule has 4 N–H and O–H groups in total. The first-order valence-electron chi connectivity index (χ1n) is 9.06. The Balaban J connectivity index is 0. The van der Waals surface area contributed by atoms with E-state index in [4.69, 9.17) is 4.55 Å². The normalized spacial score (nSPS) is 11.1. The van der Waals surface area contributed by atoms with Crippen molar-refractivity contribution in [1.29, 1.82) is 0 Å². The molecular weight excluding hydrogens is 328 g/mol. The Hall–Kier alpha value is -0.660. The number of amides is 1. The standard InChI is InChI=1S/C17H35NO4S.H3N/c1-3-4-5-6-7-8-9-10-11-12-13-14-17(19)18(2)15-16-23(20,21)22;/h3-16H2,1-2H3,(H,20,21,22);1H3. The Kier molecular flexibility index (Phi) is 16.9. The minimum absolute atomic E-state index is 0. The van der Waals surface area contributed by atoms with Gasteiger partial charge in [0, 0.05) is 20.0 Å². The number of carbonyl (C=O) groups excluding carboxylic acids is 1. The number of rotatable bonds is 15. The first kappa shape index (κ1) is 25.6. The van der Waals surface area contributed by atoms with Crippen LogP contribution in [0, 0.1) is 0 Å². The topological polar surface area (TPSA) is 110 Å². The second kappa shape index (κ2) is 15.8. The summed E-state index contributed by atoms with van der Waals surface area (Å²) in [4.78, 5) is 13.1. The van der Waals surface area contributed by atoms with Crippen LogP contribution in [-0.4, -0.2) is 43.1 Å². The molecule has 0 aromatic rings. The van der Waals surface area contributed by atoms with E-state index in [-0.39, 0.29) is 18.6 Å². The van der Waals surface area contributed by atoms with Gasteiger partial charge in [-0.05, 0) is 6.42 Å². The summed E-state index contributed by atoms with van der Waals surface area (Å²) in [5.74, 6) is -0.447. The molecule has 0 heterocycles. The number of carbonyl (C=O) groups is 1. The van der Waals surface area contributed by atoms with E-state index in [1.54, 1.807) is 7.05 Å². The van der Waals surface area contributed by atoms with Crippen molar-refractivity contribution in [2.24, 2.45) is 0 Å². The van der Waals surface area contributed by atoms with Gasteiger partial charge in [-0.15, -0.1) is 0 Å². The third-order valence-electron chi connectivity index (χ3n) is 4.10. The molecule has 146 valence electrons. The van der Waals surface area contributed by atoms with E-state index < -0.39 is 15.9 Å². The molecule has 0 rings (SSSR count). The molecule has 0 atom stereocenters. The third kappa shape index (κ3) is 17.7. The van der Waals surface area contributed by atoms with Gasteiger partial charge in [-0.2, -0.15) is 8.42 Å². The molecule has 0 bridgehead atoms. The fourth-order valence-corrected chi connectivity index (χ4v) is 3.01. The molecule has 0 saturated carbocycles. The number of nitrogens with zero attached hydrogens (tertiary/aromatic N) is 1. The maximum absolute atomic E-state index is 11.8. The Morgan fingerprint density at radius 2 is 1.29 bits per heavy atom. The molecule has 7 heteroatoms. The van der Waals surface area contributed by atoms with Gasteiger partial charge in [0.05, 0.1) is 5.75 Å². The quantitative estimate of drug-likeness (QED) is 0.333. The van der Waals surface area contributed by atoms with Crippen LogP contribution in [0.5, 0.6) is 0 Å². The van der Waals surface area contributed by atoms with Crippen LogP contribution in [0.3, 0.4) is 0 Å². The van der Waals surface area contributed by atoms with Crippen molar-refractivity contribution in [3.63, 3.8) is 0 Å². The van der Waals surface area contributed by atoms with E-state index >= 15 is 0 Å². The summed E-state index contributed by atoms with van der Waals surface area (Å²) < 4.78 is 29.9. The first-order chi connectivity index (χ1) is 10.9. The van der Waals surface area contributed by atoms with Crippen LogP contribution in [0.2, 0.25) is 0 Å². The summed E-state index contributed by atoms with van der Waals surface area (Å²) in [6, 6.07) is 0. The lowest BCUT2D eigenvalue weighted by Crippen LogP contribution is -2.31. The molecule has 0 radical (unpaired) electrons. The van der Waals surface area contributed by atoms with Gasteiger partial charge in [0.15, 0.2) is 0 Å². The third-order valence-corrected chi connectivity index (χ3v) is 4.80. The van der Waals surface area contributed by atoms with Crippen molar-refractivity contribution in [3.8, 4) is 0 Å². The molecule has 0 aromatic heterocycles. The van der Waals surface area contributed by atoms with Gasteiger partial charge >= 0.3 is 0 Å². The summed E-state index contributed by atoms with van der Waals surface area (Å²) in [5.41, 5.74) is 0. The van der Waals surface area contributed by atoms with E-state index in [2.05, 4.69) is 6.92 Å². The SMILES string of the molecule is CCCCCCCCCCCCCC(=O)N(C)CCS(=O)(=O)O.N. The molecule has 0 fully saturated rings. The zero-order valence-electron chi connectivity index (χ0n) is 15.6. The Morgan fingerprint density at radius 3 is 1.71 bits per heavy atom. The molecule has 0 saturated heterocycles. The second-order valence-corrected chi connectivity index (χ2v) is 7.96. The highest BCUT2D eigenvalue weighted by Crippen LogP contribution is 2.12. The molecular formula is C17H38N2O4S. The summed E-state index contributed by atoms with van der Waals surface area (Å²) in [5, 5.41) is 0. The van der Waals surface area contributed by atoms with Crippen molar-refractivity contribution >= 4 is 16.0 Å². The van der Waals surface area contributed by atoms with Crippen LogP contribution in [0.4, 0.5) is 0 Å². The van der Waals surface area contributed by atoms with Crippen molar-refractivity contribution < 1.29 is 17.8 Å². The van der Waals surface area contributed by atoms with Crippen molar-refractivity contribution in [2.75, 3.05) is 19.3 Å². The first-order valence-corrected chi connectivity index (χ1v) is 10.7. The highest BCUT2D eigenvalue weighted by Gasteiger charge is 2.12. The lowest BCUT2D eigenvalue weighted by molar-refractivity contribution is -0.129. The van der Waals surface area contributed by atoms with Crippen molar-refractivity contribution in [1.82, 2.24) is 11.1 Å². The smallest absolute Gasteiger partial charge is 0.266 e. The Bertz CT molecular complexity index is 399. The van der Waals surface area contributed by atoms with E-state index in [0.717, 1.165) is 19.3 Å². The Morgan fingerprint density at radius 1 is 0.875 bits per heavy atom. The van der Waals surface area contributed by atoms with Crippen LogP contribution in [0.1, 0.15) is 84.0 Å². The Labute approximate surface area is 148 Å². The predicted molar refractivity (Wildman–Crippen MR) is 100 cm³/mol. The highest BCUT2D eigenvalue weighted by atomic mass is 32.2. The van der Waals surface area contributed by atoms with E-state index in [9.17, 15) is 13.2 Å². The number of hydrogen-bond donors (Lipinski definition) is 2. The van der Waals surface area contributed by atoms with Crippen LogP contribution < -0.4 is 6.15 Å². The average molecular weight is 367 g/mol. The van der Waals surface area contributed by atoms with Crippen molar-refractivity contribution in [2.45, 2.75) is 84.0 Å². The second-order valence-electron chi connectivity index (χ2n) is 6.39. The van der Waals surface area contributed by atoms with E-state index in [0.29, 0.717) is 6.42 Å². The maximum Gasteiger partial charge on any atom is 0.266 e. The molecule has 0 aliphatic carbocycles. The fourth-order valence-electron chi connectivity index (χ4n) is 2.51. The molecule has 6 nitrogen and oxygen atoms in total. The molecule has 0 aliphatic rings. The monoisotopic (exact) mass is 366 g/mol. The molecule has 0 spiro atoms. The van der Waals surface area contributed by atoms with Gasteiger partial charge < -0.3 is 11.1 Å². The van der Waals surface area contributed by atoms with Crippen LogP contribution in [-0.2, 0) is 14.9 Å². The summed E-state index contributed by atoms with van der Waals surface area (Å²) in [7, 11) is -2.42.